The van der Waals surface area contributed by atoms with Gasteiger partial charge >= 0.3 is 11.9 Å². The van der Waals surface area contributed by atoms with Gasteiger partial charge in [-0.2, -0.15) is 0 Å². The number of carbonyl (C=O) groups excluding carboxylic acids is 2. The monoisotopic (exact) mass is 300 g/mol. The zero-order chi connectivity index (χ0) is 16.3. The minimum atomic E-state index is -0.517. The minimum Gasteiger partial charge on any atom is -0.459 e. The number of benzene rings is 2. The molecule has 0 atom stereocenters. The molecule has 0 saturated carbocycles. The summed E-state index contributed by atoms with van der Waals surface area (Å²) in [5.74, 6) is -1.03. The van der Waals surface area contributed by atoms with Crippen molar-refractivity contribution < 1.29 is 19.1 Å². The highest BCUT2D eigenvalue weighted by molar-refractivity contribution is 6.07. The third-order valence-corrected chi connectivity index (χ3v) is 3.01. The number of esters is 2. The van der Waals surface area contributed by atoms with Crippen LogP contribution in [0.5, 0.6) is 0 Å². The topological polar surface area (TPSA) is 52.6 Å². The summed E-state index contributed by atoms with van der Waals surface area (Å²) in [7, 11) is 0. The number of fused-ring (bicyclic) bond motifs is 1. The van der Waals surface area contributed by atoms with E-state index >= 15 is 0 Å². The smallest absolute Gasteiger partial charge is 0.339 e. The van der Waals surface area contributed by atoms with Gasteiger partial charge in [0.15, 0.2) is 0 Å². The Kier molecular flexibility index (Phi) is 4.81. The molecule has 0 spiro atoms. The number of hydrogen-bond acceptors (Lipinski definition) is 4. The van der Waals surface area contributed by atoms with Crippen molar-refractivity contribution in [1.82, 2.24) is 0 Å². The van der Waals surface area contributed by atoms with Crippen molar-refractivity contribution in [1.29, 1.82) is 0 Å². The lowest BCUT2D eigenvalue weighted by molar-refractivity contribution is 0.0328. The SMILES string of the molecule is CC(C)OC(=O)c1cc2ccccc2cc1C(=O)OC(C)C. The van der Waals surface area contributed by atoms with Gasteiger partial charge in [0, 0.05) is 0 Å². The van der Waals surface area contributed by atoms with E-state index in [2.05, 4.69) is 0 Å². The van der Waals surface area contributed by atoms with Gasteiger partial charge in [-0.1, -0.05) is 24.3 Å². The molecule has 22 heavy (non-hydrogen) atoms. The summed E-state index contributed by atoms with van der Waals surface area (Å²) in [4.78, 5) is 24.6. The van der Waals surface area contributed by atoms with Crippen molar-refractivity contribution in [3.63, 3.8) is 0 Å². The van der Waals surface area contributed by atoms with E-state index in [9.17, 15) is 9.59 Å². The second kappa shape index (κ2) is 6.60. The summed E-state index contributed by atoms with van der Waals surface area (Å²) < 4.78 is 10.5. The van der Waals surface area contributed by atoms with E-state index in [0.717, 1.165) is 10.8 Å². The first-order valence-corrected chi connectivity index (χ1v) is 7.33. The van der Waals surface area contributed by atoms with Crippen LogP contribution in [0.15, 0.2) is 36.4 Å². The Bertz CT molecular complexity index is 641. The number of carbonyl (C=O) groups is 2. The van der Waals surface area contributed by atoms with Gasteiger partial charge in [0.2, 0.25) is 0 Å². The lowest BCUT2D eigenvalue weighted by Gasteiger charge is -2.14. The van der Waals surface area contributed by atoms with E-state index in [1.54, 1.807) is 39.8 Å². The van der Waals surface area contributed by atoms with Crippen LogP contribution >= 0.6 is 0 Å². The van der Waals surface area contributed by atoms with Gasteiger partial charge in [-0.3, -0.25) is 0 Å². The van der Waals surface area contributed by atoms with Gasteiger partial charge in [-0.15, -0.1) is 0 Å². The molecule has 0 radical (unpaired) electrons. The van der Waals surface area contributed by atoms with Gasteiger partial charge in [-0.05, 0) is 50.6 Å². The molecule has 0 amide bonds. The van der Waals surface area contributed by atoms with Crippen molar-refractivity contribution in [3.8, 4) is 0 Å². The van der Waals surface area contributed by atoms with E-state index in [1.807, 2.05) is 24.3 Å². The zero-order valence-corrected chi connectivity index (χ0v) is 13.3. The Hall–Kier alpha value is -2.36. The number of hydrogen-bond donors (Lipinski definition) is 0. The maximum absolute atomic E-state index is 12.3. The highest BCUT2D eigenvalue weighted by atomic mass is 16.5. The van der Waals surface area contributed by atoms with Gasteiger partial charge in [0.1, 0.15) is 0 Å². The second-order valence-electron chi connectivity index (χ2n) is 5.65. The third-order valence-electron chi connectivity index (χ3n) is 3.01. The predicted molar refractivity (Wildman–Crippen MR) is 85.1 cm³/mol. The summed E-state index contributed by atoms with van der Waals surface area (Å²) >= 11 is 0. The molecule has 116 valence electrons. The molecule has 4 nitrogen and oxygen atoms in total. The van der Waals surface area contributed by atoms with Crippen LogP contribution in [-0.2, 0) is 9.47 Å². The summed E-state index contributed by atoms with van der Waals surface area (Å²) in [6.07, 6.45) is -0.513. The van der Waals surface area contributed by atoms with Crippen LogP contribution in [0.3, 0.4) is 0 Å². The van der Waals surface area contributed by atoms with E-state index in [4.69, 9.17) is 9.47 Å². The lowest BCUT2D eigenvalue weighted by Crippen LogP contribution is -2.18. The van der Waals surface area contributed by atoms with Crippen molar-refractivity contribution in [2.24, 2.45) is 0 Å². The van der Waals surface area contributed by atoms with E-state index in [1.165, 1.54) is 0 Å². The fraction of sp³-hybridized carbons (Fsp3) is 0.333. The molecule has 0 fully saturated rings. The predicted octanol–water partition coefficient (Wildman–Crippen LogP) is 3.97. The average molecular weight is 300 g/mol. The molecule has 0 saturated heterocycles. The Morgan fingerprint density at radius 3 is 1.45 bits per heavy atom. The summed E-state index contributed by atoms with van der Waals surface area (Å²) in [6, 6.07) is 10.9. The van der Waals surface area contributed by atoms with Gasteiger partial charge in [-0.25, -0.2) is 9.59 Å². The molecule has 0 aliphatic rings. The average Bonchev–Trinajstić information content (AvgIpc) is 2.44. The van der Waals surface area contributed by atoms with E-state index in [0.29, 0.717) is 0 Å². The number of ether oxygens (including phenoxy) is 2. The summed E-state index contributed by atoms with van der Waals surface area (Å²) in [5.41, 5.74) is 0.469. The second-order valence-corrected chi connectivity index (χ2v) is 5.65. The maximum Gasteiger partial charge on any atom is 0.339 e. The highest BCUT2D eigenvalue weighted by Crippen LogP contribution is 2.22. The lowest BCUT2D eigenvalue weighted by atomic mass is 10.0. The molecule has 0 N–H and O–H groups in total. The molecule has 2 aromatic rings. The Morgan fingerprint density at radius 1 is 0.773 bits per heavy atom. The fourth-order valence-electron chi connectivity index (χ4n) is 2.13. The standard InChI is InChI=1S/C18H20O4/c1-11(2)21-17(19)15-9-13-7-5-6-8-14(13)10-16(15)18(20)22-12(3)4/h5-12H,1-4H3. The van der Waals surface area contributed by atoms with Crippen LogP contribution < -0.4 is 0 Å². The Balaban J connectivity index is 2.54. The molecule has 0 heterocycles. The van der Waals surface area contributed by atoms with Crippen molar-refractivity contribution >= 4 is 22.7 Å². The fourth-order valence-corrected chi connectivity index (χ4v) is 2.13. The zero-order valence-electron chi connectivity index (χ0n) is 13.3. The van der Waals surface area contributed by atoms with Crippen LogP contribution in [0.1, 0.15) is 48.4 Å². The largest absolute Gasteiger partial charge is 0.459 e. The van der Waals surface area contributed by atoms with Crippen molar-refractivity contribution in [2.75, 3.05) is 0 Å². The van der Waals surface area contributed by atoms with Crippen LogP contribution in [0.4, 0.5) is 0 Å². The first-order valence-electron chi connectivity index (χ1n) is 7.33. The third kappa shape index (κ3) is 3.64. The van der Waals surface area contributed by atoms with Crippen LogP contribution in [-0.4, -0.2) is 24.1 Å². The van der Waals surface area contributed by atoms with Crippen molar-refractivity contribution in [3.05, 3.63) is 47.5 Å². The summed E-state index contributed by atoms with van der Waals surface area (Å²) in [5, 5.41) is 1.75. The van der Waals surface area contributed by atoms with E-state index < -0.39 is 11.9 Å². The first kappa shape index (κ1) is 16.0. The molecular formula is C18H20O4. The first-order chi connectivity index (χ1) is 10.4. The van der Waals surface area contributed by atoms with E-state index in [-0.39, 0.29) is 23.3 Å². The molecule has 0 aliphatic heterocycles. The molecule has 0 unspecified atom stereocenters. The normalized spacial score (nSPS) is 11.0. The Labute approximate surface area is 130 Å². The molecule has 2 rings (SSSR count). The Morgan fingerprint density at radius 2 is 1.14 bits per heavy atom. The quantitative estimate of drug-likeness (QED) is 0.802. The molecule has 0 bridgehead atoms. The molecular weight excluding hydrogens is 280 g/mol. The van der Waals surface area contributed by atoms with Crippen LogP contribution in [0, 0.1) is 0 Å². The number of rotatable bonds is 4. The van der Waals surface area contributed by atoms with Crippen molar-refractivity contribution in [2.45, 2.75) is 39.9 Å². The highest BCUT2D eigenvalue weighted by Gasteiger charge is 2.22. The molecule has 0 aromatic heterocycles. The molecule has 0 aliphatic carbocycles. The molecule has 2 aromatic carbocycles. The van der Waals surface area contributed by atoms with Gasteiger partial charge in [0.05, 0.1) is 23.3 Å². The van der Waals surface area contributed by atoms with Gasteiger partial charge < -0.3 is 9.47 Å². The molecule has 4 heteroatoms. The minimum absolute atomic E-state index is 0.234. The maximum atomic E-state index is 12.3. The summed E-state index contributed by atoms with van der Waals surface area (Å²) in [6.45, 7) is 7.08. The van der Waals surface area contributed by atoms with Crippen LogP contribution in [0.2, 0.25) is 0 Å². The van der Waals surface area contributed by atoms with Gasteiger partial charge in [0.25, 0.3) is 0 Å². The van der Waals surface area contributed by atoms with Crippen LogP contribution in [0.25, 0.3) is 10.8 Å².